The van der Waals surface area contributed by atoms with Crippen LogP contribution in [0.15, 0.2) is 60.2 Å². The standard InChI is InChI=1S/C23H23N5S/c1-15-11-17(24)14-28(13-15)22-7-8-25-20-6-5-16(12-18(20)22)19-3-2-4-21(27-19)23-26-9-10-29-23/h2-10,12,15,17H,11,13-14,24H2,1H3. The Morgan fingerprint density at radius 2 is 1.93 bits per heavy atom. The fourth-order valence-corrected chi connectivity index (χ4v) is 4.83. The molecular formula is C23H23N5S. The highest BCUT2D eigenvalue weighted by atomic mass is 32.1. The molecule has 2 atom stereocenters. The Hall–Kier alpha value is -2.83. The monoisotopic (exact) mass is 401 g/mol. The van der Waals surface area contributed by atoms with Gasteiger partial charge in [-0.25, -0.2) is 9.97 Å². The van der Waals surface area contributed by atoms with Crippen LogP contribution in [-0.4, -0.2) is 34.1 Å². The molecule has 1 saturated heterocycles. The minimum atomic E-state index is 0.210. The van der Waals surface area contributed by atoms with Gasteiger partial charge in [-0.15, -0.1) is 11.3 Å². The molecule has 0 bridgehead atoms. The van der Waals surface area contributed by atoms with E-state index in [0.717, 1.165) is 52.4 Å². The highest BCUT2D eigenvalue weighted by Crippen LogP contribution is 2.32. The average molecular weight is 402 g/mol. The Labute approximate surface area is 174 Å². The van der Waals surface area contributed by atoms with Gasteiger partial charge in [0.05, 0.1) is 16.9 Å². The Balaban J connectivity index is 1.58. The van der Waals surface area contributed by atoms with Gasteiger partial charge >= 0.3 is 0 Å². The van der Waals surface area contributed by atoms with Crippen molar-refractivity contribution in [3.63, 3.8) is 0 Å². The Bertz CT molecular complexity index is 1130. The molecule has 1 fully saturated rings. The quantitative estimate of drug-likeness (QED) is 0.544. The minimum Gasteiger partial charge on any atom is -0.369 e. The highest BCUT2D eigenvalue weighted by Gasteiger charge is 2.23. The summed E-state index contributed by atoms with van der Waals surface area (Å²) in [6.07, 6.45) is 4.79. The van der Waals surface area contributed by atoms with Crippen molar-refractivity contribution in [3.8, 4) is 22.0 Å². The molecule has 1 aliphatic rings. The summed E-state index contributed by atoms with van der Waals surface area (Å²) in [5, 5.41) is 4.06. The normalized spacial score (nSPS) is 19.6. The summed E-state index contributed by atoms with van der Waals surface area (Å²) in [6, 6.07) is 14.8. The van der Waals surface area contributed by atoms with E-state index in [4.69, 9.17) is 10.7 Å². The van der Waals surface area contributed by atoms with Crippen LogP contribution in [0.1, 0.15) is 13.3 Å². The van der Waals surface area contributed by atoms with E-state index < -0.39 is 0 Å². The minimum absolute atomic E-state index is 0.210. The largest absolute Gasteiger partial charge is 0.369 e. The molecule has 0 amide bonds. The molecule has 146 valence electrons. The van der Waals surface area contributed by atoms with Crippen molar-refractivity contribution >= 4 is 27.9 Å². The lowest BCUT2D eigenvalue weighted by molar-refractivity contribution is 0.402. The lowest BCUT2D eigenvalue weighted by atomic mass is 9.95. The van der Waals surface area contributed by atoms with Gasteiger partial charge in [-0.05, 0) is 42.7 Å². The second kappa shape index (κ2) is 7.54. The number of aromatic nitrogens is 3. The van der Waals surface area contributed by atoms with E-state index in [-0.39, 0.29) is 6.04 Å². The van der Waals surface area contributed by atoms with Crippen LogP contribution in [0.2, 0.25) is 0 Å². The number of nitrogens with two attached hydrogens (primary N) is 1. The fourth-order valence-electron chi connectivity index (χ4n) is 4.23. The zero-order valence-electron chi connectivity index (χ0n) is 16.3. The summed E-state index contributed by atoms with van der Waals surface area (Å²) in [5.74, 6) is 0.585. The number of benzene rings is 1. The third-order valence-electron chi connectivity index (χ3n) is 5.45. The third-order valence-corrected chi connectivity index (χ3v) is 6.24. The number of pyridine rings is 2. The molecule has 0 aliphatic carbocycles. The van der Waals surface area contributed by atoms with Gasteiger partial charge in [0.2, 0.25) is 0 Å². The van der Waals surface area contributed by atoms with E-state index in [0.29, 0.717) is 5.92 Å². The molecule has 0 radical (unpaired) electrons. The van der Waals surface area contributed by atoms with Crippen molar-refractivity contribution < 1.29 is 0 Å². The van der Waals surface area contributed by atoms with Crippen LogP contribution in [0.4, 0.5) is 5.69 Å². The van der Waals surface area contributed by atoms with Crippen LogP contribution in [0.5, 0.6) is 0 Å². The van der Waals surface area contributed by atoms with E-state index in [1.807, 2.05) is 36.0 Å². The molecule has 2 N–H and O–H groups in total. The van der Waals surface area contributed by atoms with Gasteiger partial charge in [0.15, 0.2) is 0 Å². The summed E-state index contributed by atoms with van der Waals surface area (Å²) in [7, 11) is 0. The second-order valence-electron chi connectivity index (χ2n) is 7.81. The number of nitrogens with zero attached hydrogens (tertiary/aromatic N) is 4. The molecule has 1 aliphatic heterocycles. The predicted molar refractivity (Wildman–Crippen MR) is 120 cm³/mol. The molecule has 0 spiro atoms. The number of fused-ring (bicyclic) bond motifs is 1. The molecule has 6 heteroatoms. The molecular weight excluding hydrogens is 378 g/mol. The first-order valence-corrected chi connectivity index (χ1v) is 10.8. The maximum absolute atomic E-state index is 6.31. The fraction of sp³-hybridized carbons (Fsp3) is 0.261. The lowest BCUT2D eigenvalue weighted by Crippen LogP contribution is -2.46. The molecule has 4 heterocycles. The van der Waals surface area contributed by atoms with Gasteiger partial charge < -0.3 is 10.6 Å². The smallest absolute Gasteiger partial charge is 0.141 e. The van der Waals surface area contributed by atoms with E-state index in [9.17, 15) is 0 Å². The number of hydrogen-bond donors (Lipinski definition) is 1. The Morgan fingerprint density at radius 1 is 1.03 bits per heavy atom. The van der Waals surface area contributed by atoms with Crippen LogP contribution in [-0.2, 0) is 0 Å². The van der Waals surface area contributed by atoms with Gasteiger partial charge in [0, 0.05) is 53.5 Å². The zero-order valence-corrected chi connectivity index (χ0v) is 17.1. The number of rotatable bonds is 3. The maximum atomic E-state index is 6.31. The van der Waals surface area contributed by atoms with Gasteiger partial charge in [0.25, 0.3) is 0 Å². The summed E-state index contributed by atoms with van der Waals surface area (Å²) < 4.78 is 0. The molecule has 3 aromatic heterocycles. The molecule has 0 saturated carbocycles. The van der Waals surface area contributed by atoms with Crippen molar-refractivity contribution in [1.82, 2.24) is 15.0 Å². The van der Waals surface area contributed by atoms with Crippen LogP contribution >= 0.6 is 11.3 Å². The first kappa shape index (κ1) is 18.2. The van der Waals surface area contributed by atoms with Crippen molar-refractivity contribution in [2.75, 3.05) is 18.0 Å². The van der Waals surface area contributed by atoms with Crippen LogP contribution in [0.3, 0.4) is 0 Å². The van der Waals surface area contributed by atoms with Crippen molar-refractivity contribution in [2.24, 2.45) is 11.7 Å². The topological polar surface area (TPSA) is 67.9 Å². The molecule has 5 nitrogen and oxygen atoms in total. The van der Waals surface area contributed by atoms with E-state index in [2.05, 4.69) is 46.1 Å². The van der Waals surface area contributed by atoms with Gasteiger partial charge in [-0.2, -0.15) is 0 Å². The Morgan fingerprint density at radius 3 is 2.76 bits per heavy atom. The zero-order chi connectivity index (χ0) is 19.8. The van der Waals surface area contributed by atoms with Crippen molar-refractivity contribution in [1.29, 1.82) is 0 Å². The first-order valence-electron chi connectivity index (χ1n) is 9.94. The molecule has 5 rings (SSSR count). The first-order chi connectivity index (χ1) is 14.2. The third kappa shape index (κ3) is 3.61. The van der Waals surface area contributed by atoms with Crippen molar-refractivity contribution in [2.45, 2.75) is 19.4 Å². The average Bonchev–Trinajstić information content (AvgIpc) is 3.27. The van der Waals surface area contributed by atoms with Gasteiger partial charge in [0.1, 0.15) is 5.01 Å². The summed E-state index contributed by atoms with van der Waals surface area (Å²) in [5.41, 5.74) is 11.4. The highest BCUT2D eigenvalue weighted by molar-refractivity contribution is 7.13. The van der Waals surface area contributed by atoms with E-state index in [1.54, 1.807) is 11.3 Å². The summed E-state index contributed by atoms with van der Waals surface area (Å²) >= 11 is 1.60. The lowest BCUT2D eigenvalue weighted by Gasteiger charge is -2.37. The number of thiazole rings is 1. The number of anilines is 1. The van der Waals surface area contributed by atoms with Crippen molar-refractivity contribution in [3.05, 3.63) is 60.2 Å². The summed E-state index contributed by atoms with van der Waals surface area (Å²) in [4.78, 5) is 16.2. The number of piperidine rings is 1. The van der Waals surface area contributed by atoms with Crippen LogP contribution < -0.4 is 10.6 Å². The predicted octanol–water partition coefficient (Wildman–Crippen LogP) is 4.59. The van der Waals surface area contributed by atoms with Gasteiger partial charge in [-0.1, -0.05) is 19.1 Å². The Kier molecular flexibility index (Phi) is 4.73. The molecule has 29 heavy (non-hydrogen) atoms. The van der Waals surface area contributed by atoms with E-state index in [1.165, 1.54) is 5.69 Å². The van der Waals surface area contributed by atoms with Gasteiger partial charge in [-0.3, -0.25) is 4.98 Å². The SMILES string of the molecule is CC1CC(N)CN(c2ccnc3ccc(-c4cccc(-c5nccs5)n4)cc23)C1. The molecule has 1 aromatic carbocycles. The molecule has 4 aromatic rings. The number of hydrogen-bond acceptors (Lipinski definition) is 6. The van der Waals surface area contributed by atoms with Crippen LogP contribution in [0.25, 0.3) is 32.9 Å². The second-order valence-corrected chi connectivity index (χ2v) is 8.71. The van der Waals surface area contributed by atoms with Crippen LogP contribution in [0, 0.1) is 5.92 Å². The maximum Gasteiger partial charge on any atom is 0.141 e. The van der Waals surface area contributed by atoms with E-state index >= 15 is 0 Å². The molecule has 2 unspecified atom stereocenters. The summed E-state index contributed by atoms with van der Waals surface area (Å²) in [6.45, 7) is 4.18.